The summed E-state index contributed by atoms with van der Waals surface area (Å²) in [6, 6.07) is 11.9. The molecule has 4 rings (SSSR count). The first-order valence-electron chi connectivity index (χ1n) is 12.5. The number of alkyl halides is 3. The fourth-order valence-electron chi connectivity index (χ4n) is 3.79. The normalized spacial score (nSPS) is 12.1. The predicted octanol–water partition coefficient (Wildman–Crippen LogP) is 4.05. The fourth-order valence-corrected chi connectivity index (χ4v) is 4.58. The Hall–Kier alpha value is -4.37. The topological polar surface area (TPSA) is 155 Å². The monoisotopic (exact) mass is 589 g/mol. The molecule has 0 aliphatic carbocycles. The van der Waals surface area contributed by atoms with E-state index in [0.717, 1.165) is 35.7 Å². The van der Waals surface area contributed by atoms with Crippen molar-refractivity contribution < 1.29 is 32.9 Å². The molecule has 1 amide bonds. The van der Waals surface area contributed by atoms with Crippen molar-refractivity contribution in [3.05, 3.63) is 76.7 Å². The first kappa shape index (κ1) is 29.6. The Morgan fingerprint density at radius 3 is 2.56 bits per heavy atom. The van der Waals surface area contributed by atoms with Gasteiger partial charge in [-0.15, -0.1) is 28.5 Å². The summed E-state index contributed by atoms with van der Waals surface area (Å²) in [5.41, 5.74) is 1.64. The number of amides is 1. The number of aliphatic hydroxyl groups excluding tert-OH is 1. The van der Waals surface area contributed by atoms with Gasteiger partial charge in [0.15, 0.2) is 5.82 Å². The largest absolute Gasteiger partial charge is 0.573 e. The van der Waals surface area contributed by atoms with Crippen LogP contribution in [0.3, 0.4) is 0 Å². The van der Waals surface area contributed by atoms with Gasteiger partial charge in [-0.25, -0.2) is 0 Å². The minimum absolute atomic E-state index is 0.118. The smallest absolute Gasteiger partial charge is 0.508 e. The Kier molecular flexibility index (Phi) is 9.97. The maximum absolute atomic E-state index is 12.5. The second-order valence-electron chi connectivity index (χ2n) is 8.91. The number of pyridine rings is 1. The van der Waals surface area contributed by atoms with E-state index in [1.165, 1.54) is 17.4 Å². The van der Waals surface area contributed by atoms with Crippen LogP contribution in [-0.2, 0) is 30.5 Å². The molecule has 0 aliphatic heterocycles. The van der Waals surface area contributed by atoms with Crippen LogP contribution >= 0.6 is 11.3 Å². The highest BCUT2D eigenvalue weighted by Crippen LogP contribution is 2.28. The van der Waals surface area contributed by atoms with Gasteiger partial charge in [0, 0.05) is 30.8 Å². The Labute approximate surface area is 236 Å². The van der Waals surface area contributed by atoms with E-state index in [0.29, 0.717) is 23.7 Å². The van der Waals surface area contributed by atoms with Gasteiger partial charge < -0.3 is 25.6 Å². The number of aryl methyl sites for hydroxylation is 2. The standard InChI is InChI=1S/C26H26F3N7O4S/c27-26(28,29)40-20-12-16(11-19(37)15-20)13-22(38)31-21-9-8-17(33-34-21)5-1-2-7-24-35-36-25(41-24)32-23(39)14-18-6-3-4-10-30-18/h3-4,6,8-12,15,22,37-38H,1-2,5,7,13-14H2,(H,31,34)(H,32,36,39). The van der Waals surface area contributed by atoms with Crippen molar-refractivity contribution in [1.82, 2.24) is 25.4 Å². The number of aromatic nitrogens is 5. The van der Waals surface area contributed by atoms with Crippen molar-refractivity contribution in [2.45, 2.75) is 51.1 Å². The third kappa shape index (κ3) is 10.3. The van der Waals surface area contributed by atoms with Crippen LogP contribution in [0.2, 0.25) is 0 Å². The predicted molar refractivity (Wildman–Crippen MR) is 143 cm³/mol. The zero-order valence-electron chi connectivity index (χ0n) is 21.5. The fraction of sp³-hybridized carbons (Fsp3) is 0.308. The summed E-state index contributed by atoms with van der Waals surface area (Å²) in [4.78, 5) is 16.3. The number of hydrogen-bond acceptors (Lipinski definition) is 11. The Morgan fingerprint density at radius 1 is 1.00 bits per heavy atom. The average Bonchev–Trinajstić information content (AvgIpc) is 3.33. The number of nitrogens with one attached hydrogen (secondary N) is 2. The van der Waals surface area contributed by atoms with Crippen molar-refractivity contribution in [2.75, 3.05) is 10.6 Å². The Morgan fingerprint density at radius 2 is 1.83 bits per heavy atom. The summed E-state index contributed by atoms with van der Waals surface area (Å²) < 4.78 is 41.2. The minimum atomic E-state index is -4.90. The first-order chi connectivity index (χ1) is 19.6. The number of phenolic OH excluding ortho intramolecular Hbond substituents is 1. The van der Waals surface area contributed by atoms with Crippen LogP contribution in [0.25, 0.3) is 0 Å². The molecule has 0 spiro atoms. The number of carbonyl (C=O) groups excluding carboxylic acids is 1. The third-order valence-corrected chi connectivity index (χ3v) is 6.40. The number of hydrogen-bond donors (Lipinski definition) is 4. The highest BCUT2D eigenvalue weighted by atomic mass is 32.1. The lowest BCUT2D eigenvalue weighted by molar-refractivity contribution is -0.274. The van der Waals surface area contributed by atoms with Gasteiger partial charge >= 0.3 is 6.36 Å². The number of benzene rings is 1. The van der Waals surface area contributed by atoms with Gasteiger partial charge in [0.1, 0.15) is 22.7 Å². The van der Waals surface area contributed by atoms with E-state index in [4.69, 9.17) is 0 Å². The second kappa shape index (κ2) is 13.8. The summed E-state index contributed by atoms with van der Waals surface area (Å²) >= 11 is 1.32. The van der Waals surface area contributed by atoms with Crippen molar-refractivity contribution in [3.8, 4) is 11.5 Å². The number of unbranched alkanes of at least 4 members (excludes halogenated alkanes) is 1. The molecule has 0 fully saturated rings. The lowest BCUT2D eigenvalue weighted by atomic mass is 10.1. The zero-order chi connectivity index (χ0) is 29.2. The molecule has 1 unspecified atom stereocenters. The lowest BCUT2D eigenvalue weighted by Crippen LogP contribution is -2.22. The summed E-state index contributed by atoms with van der Waals surface area (Å²) in [5.74, 6) is -0.939. The van der Waals surface area contributed by atoms with Gasteiger partial charge in [0.25, 0.3) is 0 Å². The molecular weight excluding hydrogens is 563 g/mol. The van der Waals surface area contributed by atoms with E-state index in [1.54, 1.807) is 30.5 Å². The Bertz CT molecular complexity index is 1420. The zero-order valence-corrected chi connectivity index (χ0v) is 22.3. The number of anilines is 2. The van der Waals surface area contributed by atoms with Gasteiger partial charge in [0.05, 0.1) is 12.1 Å². The van der Waals surface area contributed by atoms with Gasteiger partial charge in [0.2, 0.25) is 11.0 Å². The molecule has 41 heavy (non-hydrogen) atoms. The molecule has 11 nitrogen and oxygen atoms in total. The molecule has 0 saturated carbocycles. The molecule has 0 radical (unpaired) electrons. The quantitative estimate of drug-likeness (QED) is 0.133. The SMILES string of the molecule is O=C(Cc1ccccn1)Nc1nnc(CCCCc2ccc(NC(O)Cc3cc(O)cc(OC(F)(F)F)c3)nn2)s1. The summed E-state index contributed by atoms with van der Waals surface area (Å²) in [6.45, 7) is 0. The van der Waals surface area contributed by atoms with Crippen LogP contribution in [0.1, 0.15) is 34.8 Å². The number of carbonyl (C=O) groups is 1. The van der Waals surface area contributed by atoms with Crippen molar-refractivity contribution in [2.24, 2.45) is 0 Å². The van der Waals surface area contributed by atoms with E-state index in [9.17, 15) is 28.2 Å². The van der Waals surface area contributed by atoms with Crippen LogP contribution in [0.15, 0.2) is 54.7 Å². The van der Waals surface area contributed by atoms with Crippen LogP contribution in [-0.4, -0.2) is 54.1 Å². The molecule has 3 heterocycles. The van der Waals surface area contributed by atoms with E-state index in [1.807, 2.05) is 6.07 Å². The number of phenols is 1. The lowest BCUT2D eigenvalue weighted by Gasteiger charge is -2.15. The summed E-state index contributed by atoms with van der Waals surface area (Å²) in [7, 11) is 0. The van der Waals surface area contributed by atoms with E-state index in [-0.39, 0.29) is 30.1 Å². The molecule has 0 bridgehead atoms. The molecule has 1 atom stereocenters. The number of ether oxygens (including phenoxy) is 1. The van der Waals surface area contributed by atoms with E-state index in [2.05, 4.69) is 40.7 Å². The molecule has 0 saturated heterocycles. The second-order valence-corrected chi connectivity index (χ2v) is 9.97. The highest BCUT2D eigenvalue weighted by molar-refractivity contribution is 7.15. The molecule has 4 aromatic rings. The maximum Gasteiger partial charge on any atom is 0.573 e. The number of rotatable bonds is 13. The first-order valence-corrected chi connectivity index (χ1v) is 13.3. The van der Waals surface area contributed by atoms with Crippen molar-refractivity contribution in [1.29, 1.82) is 0 Å². The highest BCUT2D eigenvalue weighted by Gasteiger charge is 2.31. The van der Waals surface area contributed by atoms with Gasteiger partial charge in [-0.05, 0) is 61.2 Å². The summed E-state index contributed by atoms with van der Waals surface area (Å²) in [6.07, 6.45) is -1.45. The minimum Gasteiger partial charge on any atom is -0.508 e. The molecule has 3 aromatic heterocycles. The van der Waals surface area contributed by atoms with E-state index < -0.39 is 24.1 Å². The summed E-state index contributed by atoms with van der Waals surface area (Å²) in [5, 5.41) is 42.9. The van der Waals surface area contributed by atoms with E-state index >= 15 is 0 Å². The number of nitrogens with zero attached hydrogens (tertiary/aromatic N) is 5. The average molecular weight is 590 g/mol. The molecule has 4 N–H and O–H groups in total. The van der Waals surface area contributed by atoms with Crippen LogP contribution in [0.4, 0.5) is 24.1 Å². The number of halogens is 3. The number of aliphatic hydroxyl groups is 1. The maximum atomic E-state index is 12.5. The van der Waals surface area contributed by atoms with Gasteiger partial charge in [-0.3, -0.25) is 9.78 Å². The molecule has 15 heteroatoms. The molecule has 216 valence electrons. The van der Waals surface area contributed by atoms with Gasteiger partial charge in [-0.2, -0.15) is 5.10 Å². The van der Waals surface area contributed by atoms with Crippen molar-refractivity contribution >= 4 is 28.2 Å². The number of aromatic hydroxyl groups is 1. The Balaban J connectivity index is 1.17. The van der Waals surface area contributed by atoms with Crippen LogP contribution in [0.5, 0.6) is 11.5 Å². The third-order valence-electron chi connectivity index (χ3n) is 5.50. The van der Waals surface area contributed by atoms with Crippen molar-refractivity contribution in [3.63, 3.8) is 0 Å². The van der Waals surface area contributed by atoms with Crippen LogP contribution < -0.4 is 15.4 Å². The van der Waals surface area contributed by atoms with Gasteiger partial charge in [-0.1, -0.05) is 17.4 Å². The molecular formula is C26H26F3N7O4S. The molecule has 0 aliphatic rings. The van der Waals surface area contributed by atoms with Crippen LogP contribution in [0, 0.1) is 0 Å². The molecule has 1 aromatic carbocycles.